The molecular weight excluding hydrogens is 445 g/mol. The Morgan fingerprint density at radius 1 is 1.08 bits per heavy atom. The molecule has 6 heteroatoms. The largest absolute Gasteiger partial charge is 0.333 e. The molecule has 0 saturated carbocycles. The van der Waals surface area contributed by atoms with Gasteiger partial charge in [0, 0.05) is 3.57 Å². The highest BCUT2D eigenvalue weighted by Gasteiger charge is 2.09. The van der Waals surface area contributed by atoms with E-state index in [0.29, 0.717) is 5.75 Å². The number of H-pyrrole nitrogens is 1. The van der Waals surface area contributed by atoms with Gasteiger partial charge in [-0.3, -0.25) is 4.79 Å². The van der Waals surface area contributed by atoms with E-state index in [1.807, 2.05) is 36.4 Å². The Kier molecular flexibility index (Phi) is 4.63. The third kappa shape index (κ3) is 3.64. The number of nitrogens with one attached hydrogen (secondary N) is 2. The molecule has 0 saturated heterocycles. The number of carbonyl (C=O) groups excluding carboxylic acids is 1. The van der Waals surface area contributed by atoms with E-state index in [0.717, 1.165) is 30.8 Å². The zero-order valence-electron chi connectivity index (χ0n) is 13.1. The van der Waals surface area contributed by atoms with Crippen LogP contribution in [0.5, 0.6) is 0 Å². The highest BCUT2D eigenvalue weighted by molar-refractivity contribution is 14.1. The minimum absolute atomic E-state index is 0.0419. The molecule has 2 N–H and O–H groups in total. The molecular formula is C19H14IN3OS. The number of nitrogens with zero attached hydrogens (tertiary/aromatic N) is 1. The van der Waals surface area contributed by atoms with Crippen molar-refractivity contribution < 1.29 is 4.79 Å². The van der Waals surface area contributed by atoms with Crippen molar-refractivity contribution in [2.45, 2.75) is 5.16 Å². The Hall–Kier alpha value is -2.06. The lowest BCUT2D eigenvalue weighted by molar-refractivity contribution is -0.113. The van der Waals surface area contributed by atoms with Crippen molar-refractivity contribution in [3.63, 3.8) is 0 Å². The summed E-state index contributed by atoms with van der Waals surface area (Å²) in [6.07, 6.45) is 0. The molecule has 0 aliphatic heterocycles. The number of hydrogen-bond acceptors (Lipinski definition) is 3. The van der Waals surface area contributed by atoms with Crippen LogP contribution in [0.1, 0.15) is 0 Å². The molecule has 3 aromatic carbocycles. The molecule has 0 spiro atoms. The number of halogens is 1. The van der Waals surface area contributed by atoms with Crippen molar-refractivity contribution >= 4 is 67.8 Å². The highest BCUT2D eigenvalue weighted by Crippen LogP contribution is 2.25. The smallest absolute Gasteiger partial charge is 0.234 e. The number of aromatic amines is 1. The second kappa shape index (κ2) is 7.05. The van der Waals surface area contributed by atoms with Gasteiger partial charge >= 0.3 is 0 Å². The fourth-order valence-corrected chi connectivity index (χ4v) is 3.83. The van der Waals surface area contributed by atoms with Crippen molar-refractivity contribution in [2.24, 2.45) is 0 Å². The van der Waals surface area contributed by atoms with E-state index in [1.54, 1.807) is 0 Å². The van der Waals surface area contributed by atoms with E-state index in [-0.39, 0.29) is 5.91 Å². The molecule has 0 aliphatic carbocycles. The molecule has 0 bridgehead atoms. The van der Waals surface area contributed by atoms with Crippen LogP contribution in [0.25, 0.3) is 21.8 Å². The number of carbonyl (C=O) groups is 1. The minimum atomic E-state index is -0.0419. The van der Waals surface area contributed by atoms with Gasteiger partial charge in [0.05, 0.1) is 22.5 Å². The van der Waals surface area contributed by atoms with E-state index in [2.05, 4.69) is 62.1 Å². The number of rotatable bonds is 4. The Morgan fingerprint density at radius 3 is 2.60 bits per heavy atom. The maximum Gasteiger partial charge on any atom is 0.234 e. The zero-order chi connectivity index (χ0) is 17.2. The molecule has 0 fully saturated rings. The Balaban J connectivity index is 1.48. The van der Waals surface area contributed by atoms with Gasteiger partial charge in [-0.05, 0) is 57.6 Å². The zero-order valence-corrected chi connectivity index (χ0v) is 16.1. The summed E-state index contributed by atoms with van der Waals surface area (Å²) in [6.45, 7) is 0. The van der Waals surface area contributed by atoms with Crippen LogP contribution in [0.15, 0.2) is 65.8 Å². The molecule has 0 aliphatic rings. The predicted octanol–water partition coefficient (Wildman–Crippen LogP) is 5.05. The van der Waals surface area contributed by atoms with E-state index < -0.39 is 0 Å². The molecule has 1 aromatic heterocycles. The van der Waals surface area contributed by atoms with Crippen molar-refractivity contribution in [2.75, 3.05) is 11.1 Å². The number of amides is 1. The summed E-state index contributed by atoms with van der Waals surface area (Å²) in [5, 5.41) is 6.02. The number of aromatic nitrogens is 2. The summed E-state index contributed by atoms with van der Waals surface area (Å²) < 4.78 is 1.02. The van der Waals surface area contributed by atoms with Crippen LogP contribution in [0.2, 0.25) is 0 Å². The van der Waals surface area contributed by atoms with E-state index in [9.17, 15) is 4.79 Å². The first-order valence-corrected chi connectivity index (χ1v) is 9.81. The number of anilines is 1. The van der Waals surface area contributed by atoms with Gasteiger partial charge in [-0.1, -0.05) is 48.2 Å². The van der Waals surface area contributed by atoms with Gasteiger partial charge in [0.1, 0.15) is 0 Å². The van der Waals surface area contributed by atoms with Gasteiger partial charge < -0.3 is 10.3 Å². The molecule has 0 radical (unpaired) electrons. The maximum absolute atomic E-state index is 12.2. The predicted molar refractivity (Wildman–Crippen MR) is 112 cm³/mol. The Labute approximate surface area is 162 Å². The molecule has 0 unspecified atom stereocenters. The first kappa shape index (κ1) is 16.4. The molecule has 4 nitrogen and oxygen atoms in total. The fourth-order valence-electron chi connectivity index (χ4n) is 2.62. The third-order valence-electron chi connectivity index (χ3n) is 3.82. The lowest BCUT2D eigenvalue weighted by atomic mass is 10.1. The summed E-state index contributed by atoms with van der Waals surface area (Å²) in [7, 11) is 0. The molecule has 25 heavy (non-hydrogen) atoms. The lowest BCUT2D eigenvalue weighted by Gasteiger charge is -2.06. The normalized spacial score (nSPS) is 11.1. The maximum atomic E-state index is 12.2. The summed E-state index contributed by atoms with van der Waals surface area (Å²) in [4.78, 5) is 20.0. The van der Waals surface area contributed by atoms with Crippen LogP contribution in [0.3, 0.4) is 0 Å². The quantitative estimate of drug-likeness (QED) is 0.332. The summed E-state index contributed by atoms with van der Waals surface area (Å²) in [5.74, 6) is 0.268. The first-order valence-electron chi connectivity index (χ1n) is 7.75. The second-order valence-corrected chi connectivity index (χ2v) is 7.70. The molecule has 4 aromatic rings. The lowest BCUT2D eigenvalue weighted by Crippen LogP contribution is -2.14. The number of hydrogen-bond donors (Lipinski definition) is 2. The van der Waals surface area contributed by atoms with Crippen molar-refractivity contribution in [3.8, 4) is 0 Å². The van der Waals surface area contributed by atoms with Crippen LogP contribution >= 0.6 is 34.4 Å². The molecule has 0 atom stereocenters. The average molecular weight is 459 g/mol. The van der Waals surface area contributed by atoms with Crippen LogP contribution in [-0.4, -0.2) is 21.6 Å². The van der Waals surface area contributed by atoms with E-state index >= 15 is 0 Å². The third-order valence-corrected chi connectivity index (χ3v) is 5.63. The van der Waals surface area contributed by atoms with Crippen LogP contribution < -0.4 is 5.32 Å². The summed E-state index contributed by atoms with van der Waals surface area (Å²) >= 11 is 3.61. The topological polar surface area (TPSA) is 57.8 Å². The van der Waals surface area contributed by atoms with Gasteiger partial charge in [-0.15, -0.1) is 0 Å². The molecule has 1 amide bonds. The van der Waals surface area contributed by atoms with Crippen molar-refractivity contribution in [1.82, 2.24) is 9.97 Å². The Morgan fingerprint density at radius 2 is 1.80 bits per heavy atom. The van der Waals surface area contributed by atoms with Gasteiger partial charge in [0.2, 0.25) is 5.91 Å². The SMILES string of the molecule is O=C(CSc1nc2cc3ccccc3cc2[nH]1)Nc1ccccc1I. The summed E-state index contributed by atoms with van der Waals surface area (Å²) in [5.41, 5.74) is 2.74. The second-order valence-electron chi connectivity index (χ2n) is 5.58. The summed E-state index contributed by atoms with van der Waals surface area (Å²) in [6, 6.07) is 20.1. The van der Waals surface area contributed by atoms with E-state index in [1.165, 1.54) is 17.1 Å². The van der Waals surface area contributed by atoms with Gasteiger partial charge in [0.15, 0.2) is 5.16 Å². The van der Waals surface area contributed by atoms with E-state index in [4.69, 9.17) is 0 Å². The minimum Gasteiger partial charge on any atom is -0.333 e. The molecule has 4 rings (SSSR count). The Bertz CT molecular complexity index is 1020. The monoisotopic (exact) mass is 459 g/mol. The number of thioether (sulfide) groups is 1. The van der Waals surface area contributed by atoms with Gasteiger partial charge in [-0.2, -0.15) is 0 Å². The van der Waals surface area contributed by atoms with Crippen LogP contribution in [0, 0.1) is 3.57 Å². The fraction of sp³-hybridized carbons (Fsp3) is 0.0526. The van der Waals surface area contributed by atoms with Gasteiger partial charge in [-0.25, -0.2) is 4.98 Å². The van der Waals surface area contributed by atoms with Crippen molar-refractivity contribution in [3.05, 3.63) is 64.2 Å². The average Bonchev–Trinajstić information content (AvgIpc) is 3.01. The number of para-hydroxylation sites is 1. The molecule has 124 valence electrons. The van der Waals surface area contributed by atoms with Crippen LogP contribution in [0.4, 0.5) is 5.69 Å². The van der Waals surface area contributed by atoms with Crippen molar-refractivity contribution in [1.29, 1.82) is 0 Å². The first-order chi connectivity index (χ1) is 12.2. The van der Waals surface area contributed by atoms with Crippen LogP contribution in [-0.2, 0) is 4.79 Å². The molecule has 1 heterocycles. The number of benzene rings is 3. The highest BCUT2D eigenvalue weighted by atomic mass is 127. The number of fused-ring (bicyclic) bond motifs is 2. The number of imidazole rings is 1. The van der Waals surface area contributed by atoms with Gasteiger partial charge in [0.25, 0.3) is 0 Å². The standard InChI is InChI=1S/C19H14IN3OS/c20-14-7-3-4-8-15(14)21-18(24)11-25-19-22-16-9-12-5-1-2-6-13(12)10-17(16)23-19/h1-10H,11H2,(H,21,24)(H,22,23).